The molecule has 3 N–H and O–H groups in total. The van der Waals surface area contributed by atoms with Gasteiger partial charge in [-0.25, -0.2) is 9.18 Å². The van der Waals surface area contributed by atoms with E-state index in [4.69, 9.17) is 5.11 Å². The van der Waals surface area contributed by atoms with Crippen LogP contribution in [0.1, 0.15) is 19.3 Å². The molecule has 98 valence electrons. The zero-order valence-corrected chi connectivity index (χ0v) is 10.0. The number of carbonyl (C=O) groups is 1. The van der Waals surface area contributed by atoms with Crippen LogP contribution < -0.4 is 10.6 Å². The highest BCUT2D eigenvalue weighted by Crippen LogP contribution is 2.25. The van der Waals surface area contributed by atoms with E-state index in [1.807, 2.05) is 0 Å². The first-order chi connectivity index (χ1) is 8.69. The van der Waals surface area contributed by atoms with E-state index in [0.29, 0.717) is 5.69 Å². The van der Waals surface area contributed by atoms with Crippen molar-refractivity contribution in [2.24, 2.45) is 5.92 Å². The fourth-order valence-corrected chi connectivity index (χ4v) is 2.31. The van der Waals surface area contributed by atoms with Gasteiger partial charge in [0, 0.05) is 24.3 Å². The fraction of sp³-hybridized carbons (Fsp3) is 0.462. The number of aliphatic hydroxyl groups is 1. The molecule has 4 nitrogen and oxygen atoms in total. The molecule has 2 unspecified atom stereocenters. The molecule has 0 aromatic heterocycles. The molecule has 1 fully saturated rings. The zero-order valence-electron chi connectivity index (χ0n) is 10.0. The second kappa shape index (κ2) is 5.82. The standard InChI is InChI=1S/C13H17FN2O2/c14-10-4-6-11(7-5-10)15-13(18)16-12-3-1-2-9(12)8-17/h4-7,9,12,17H,1-3,8H2,(H2,15,16,18). The van der Waals surface area contributed by atoms with Gasteiger partial charge in [-0.05, 0) is 37.1 Å². The summed E-state index contributed by atoms with van der Waals surface area (Å²) in [5.74, 6) is -0.193. The molecular formula is C13H17FN2O2. The number of carbonyl (C=O) groups excluding carboxylic acids is 1. The summed E-state index contributed by atoms with van der Waals surface area (Å²) in [4.78, 5) is 11.7. The Hall–Kier alpha value is -1.62. The van der Waals surface area contributed by atoms with Crippen molar-refractivity contribution in [3.8, 4) is 0 Å². The summed E-state index contributed by atoms with van der Waals surface area (Å²) in [6, 6.07) is 5.31. The highest BCUT2D eigenvalue weighted by Gasteiger charge is 2.27. The van der Waals surface area contributed by atoms with E-state index < -0.39 is 0 Å². The van der Waals surface area contributed by atoms with Crippen LogP contribution in [0.25, 0.3) is 0 Å². The van der Waals surface area contributed by atoms with Gasteiger partial charge in [0.2, 0.25) is 0 Å². The number of aliphatic hydroxyl groups excluding tert-OH is 1. The van der Waals surface area contributed by atoms with Crippen molar-refractivity contribution in [1.29, 1.82) is 0 Å². The molecule has 1 aliphatic carbocycles. The first kappa shape index (κ1) is 12.8. The molecule has 2 amide bonds. The summed E-state index contributed by atoms with van der Waals surface area (Å²) >= 11 is 0. The smallest absolute Gasteiger partial charge is 0.319 e. The van der Waals surface area contributed by atoms with Crippen molar-refractivity contribution < 1.29 is 14.3 Å². The molecule has 0 bridgehead atoms. The maximum absolute atomic E-state index is 12.7. The molecule has 2 rings (SSSR count). The molecule has 1 aromatic rings. The first-order valence-corrected chi connectivity index (χ1v) is 6.13. The van der Waals surface area contributed by atoms with Gasteiger partial charge < -0.3 is 15.7 Å². The van der Waals surface area contributed by atoms with Crippen molar-refractivity contribution in [1.82, 2.24) is 5.32 Å². The molecule has 2 atom stereocenters. The number of urea groups is 1. The molecule has 0 saturated heterocycles. The second-order valence-electron chi connectivity index (χ2n) is 4.59. The van der Waals surface area contributed by atoms with Gasteiger partial charge in [0.05, 0.1) is 0 Å². The van der Waals surface area contributed by atoms with Gasteiger partial charge in [-0.3, -0.25) is 0 Å². The topological polar surface area (TPSA) is 61.4 Å². The third-order valence-electron chi connectivity index (χ3n) is 3.31. The Balaban J connectivity index is 1.86. The lowest BCUT2D eigenvalue weighted by Crippen LogP contribution is -2.41. The van der Waals surface area contributed by atoms with Gasteiger partial charge in [0.1, 0.15) is 5.82 Å². The molecule has 0 spiro atoms. The molecule has 1 aliphatic rings. The number of hydrogen-bond acceptors (Lipinski definition) is 2. The number of hydrogen-bond donors (Lipinski definition) is 3. The van der Waals surface area contributed by atoms with Gasteiger partial charge >= 0.3 is 6.03 Å². The van der Waals surface area contributed by atoms with Crippen LogP contribution in [0.5, 0.6) is 0 Å². The third-order valence-corrected chi connectivity index (χ3v) is 3.31. The van der Waals surface area contributed by atoms with Crippen molar-refractivity contribution in [3.05, 3.63) is 30.1 Å². The van der Waals surface area contributed by atoms with Gasteiger partial charge in [-0.2, -0.15) is 0 Å². The van der Waals surface area contributed by atoms with Gasteiger partial charge in [-0.1, -0.05) is 6.42 Å². The summed E-state index contributed by atoms with van der Waals surface area (Å²) < 4.78 is 12.7. The summed E-state index contributed by atoms with van der Waals surface area (Å²) in [5.41, 5.74) is 0.549. The SMILES string of the molecule is O=C(Nc1ccc(F)cc1)NC1CCCC1CO. The molecule has 0 aliphatic heterocycles. The Labute approximate surface area is 105 Å². The maximum Gasteiger partial charge on any atom is 0.319 e. The van der Waals surface area contributed by atoms with Crippen LogP contribution in [0.2, 0.25) is 0 Å². The van der Waals surface area contributed by atoms with Crippen LogP contribution >= 0.6 is 0 Å². The molecule has 0 radical (unpaired) electrons. The second-order valence-corrected chi connectivity index (χ2v) is 4.59. The Morgan fingerprint density at radius 2 is 2.06 bits per heavy atom. The average Bonchev–Trinajstić information content (AvgIpc) is 2.79. The molecule has 0 heterocycles. The lowest BCUT2D eigenvalue weighted by molar-refractivity contribution is 0.203. The average molecular weight is 252 g/mol. The van der Waals surface area contributed by atoms with Crippen LogP contribution in [-0.2, 0) is 0 Å². The molecule has 18 heavy (non-hydrogen) atoms. The van der Waals surface area contributed by atoms with Crippen LogP contribution in [0.4, 0.5) is 14.9 Å². The van der Waals surface area contributed by atoms with Crippen molar-refractivity contribution in [2.75, 3.05) is 11.9 Å². The maximum atomic E-state index is 12.7. The van der Waals surface area contributed by atoms with Crippen LogP contribution in [0.15, 0.2) is 24.3 Å². The van der Waals surface area contributed by atoms with Crippen molar-refractivity contribution in [3.63, 3.8) is 0 Å². The third kappa shape index (κ3) is 3.20. The quantitative estimate of drug-likeness (QED) is 0.771. The Morgan fingerprint density at radius 3 is 2.72 bits per heavy atom. The number of benzene rings is 1. The largest absolute Gasteiger partial charge is 0.396 e. The van der Waals surface area contributed by atoms with E-state index >= 15 is 0 Å². The lowest BCUT2D eigenvalue weighted by atomic mass is 10.1. The Bertz CT molecular complexity index is 408. The Kier molecular flexibility index (Phi) is 4.15. The van der Waals surface area contributed by atoms with E-state index in [0.717, 1.165) is 19.3 Å². The number of amides is 2. The minimum absolute atomic E-state index is 0.0236. The molecule has 1 saturated carbocycles. The van der Waals surface area contributed by atoms with E-state index in [1.54, 1.807) is 0 Å². The highest BCUT2D eigenvalue weighted by atomic mass is 19.1. The summed E-state index contributed by atoms with van der Waals surface area (Å²) in [6.45, 7) is 0.0987. The van der Waals surface area contributed by atoms with E-state index in [-0.39, 0.29) is 30.4 Å². The van der Waals surface area contributed by atoms with E-state index in [9.17, 15) is 9.18 Å². The van der Waals surface area contributed by atoms with E-state index in [2.05, 4.69) is 10.6 Å². The number of nitrogens with one attached hydrogen (secondary N) is 2. The van der Waals surface area contributed by atoms with E-state index in [1.165, 1.54) is 24.3 Å². The van der Waals surface area contributed by atoms with Crippen molar-refractivity contribution >= 4 is 11.7 Å². The molecule has 5 heteroatoms. The summed E-state index contributed by atoms with van der Waals surface area (Å²) in [6.07, 6.45) is 2.85. The summed E-state index contributed by atoms with van der Waals surface area (Å²) in [5, 5.41) is 14.6. The van der Waals surface area contributed by atoms with Crippen LogP contribution in [0.3, 0.4) is 0 Å². The monoisotopic (exact) mass is 252 g/mol. The summed E-state index contributed by atoms with van der Waals surface area (Å²) in [7, 11) is 0. The predicted molar refractivity (Wildman–Crippen MR) is 66.8 cm³/mol. The number of halogens is 1. The fourth-order valence-electron chi connectivity index (χ4n) is 2.31. The number of anilines is 1. The minimum Gasteiger partial charge on any atom is -0.396 e. The molecule has 1 aromatic carbocycles. The minimum atomic E-state index is -0.336. The number of rotatable bonds is 3. The van der Waals surface area contributed by atoms with Gasteiger partial charge in [0.25, 0.3) is 0 Å². The highest BCUT2D eigenvalue weighted by molar-refractivity contribution is 5.89. The van der Waals surface area contributed by atoms with Crippen LogP contribution in [0, 0.1) is 11.7 Å². The van der Waals surface area contributed by atoms with Gasteiger partial charge in [-0.15, -0.1) is 0 Å². The lowest BCUT2D eigenvalue weighted by Gasteiger charge is -2.19. The van der Waals surface area contributed by atoms with Crippen LogP contribution in [-0.4, -0.2) is 23.8 Å². The first-order valence-electron chi connectivity index (χ1n) is 6.13. The van der Waals surface area contributed by atoms with Crippen molar-refractivity contribution in [2.45, 2.75) is 25.3 Å². The Morgan fingerprint density at radius 1 is 1.33 bits per heavy atom. The molecular weight excluding hydrogens is 235 g/mol. The predicted octanol–water partition coefficient (Wildman–Crippen LogP) is 2.11. The normalized spacial score (nSPS) is 22.8. The zero-order chi connectivity index (χ0) is 13.0. The van der Waals surface area contributed by atoms with Gasteiger partial charge in [0.15, 0.2) is 0 Å².